The number of hydrogen-bond acceptors (Lipinski definition) is 5. The number of carbonyl (C=O) groups is 1. The first kappa shape index (κ1) is 13.9. The molecule has 0 aromatic carbocycles. The molecule has 0 saturated carbocycles. The van der Waals surface area contributed by atoms with Gasteiger partial charge in [-0.3, -0.25) is 4.79 Å². The lowest BCUT2D eigenvalue weighted by Crippen LogP contribution is -2.54. The molecule has 8 heteroatoms. The van der Waals surface area contributed by atoms with Crippen LogP contribution in [0, 0.1) is 11.3 Å². The van der Waals surface area contributed by atoms with Gasteiger partial charge in [0.2, 0.25) is 10.0 Å². The molecule has 0 aromatic heterocycles. The Hall–Kier alpha value is -1.17. The molecule has 1 saturated heterocycles. The summed E-state index contributed by atoms with van der Waals surface area (Å²) in [7, 11) is -3.91. The van der Waals surface area contributed by atoms with Gasteiger partial charge in [0.15, 0.2) is 5.25 Å². The highest BCUT2D eigenvalue weighted by atomic mass is 32.2. The molecule has 2 atom stereocenters. The maximum atomic E-state index is 12.0. The third-order valence-corrected chi connectivity index (χ3v) is 4.81. The van der Waals surface area contributed by atoms with Crippen LogP contribution in [0.4, 0.5) is 0 Å². The van der Waals surface area contributed by atoms with Gasteiger partial charge in [0, 0.05) is 6.54 Å². The molecule has 17 heavy (non-hydrogen) atoms. The van der Waals surface area contributed by atoms with E-state index in [1.807, 2.05) is 0 Å². The van der Waals surface area contributed by atoms with Gasteiger partial charge in [-0.2, -0.15) is 9.57 Å². The number of rotatable bonds is 4. The van der Waals surface area contributed by atoms with Crippen LogP contribution in [0.15, 0.2) is 0 Å². The number of aliphatic carboxylic acids is 1. The highest BCUT2D eigenvalue weighted by Crippen LogP contribution is 2.18. The number of carboxylic acid groups (broad SMARTS) is 1. The molecule has 1 fully saturated rings. The summed E-state index contributed by atoms with van der Waals surface area (Å²) < 4.78 is 29.9. The molecule has 0 aromatic rings. The summed E-state index contributed by atoms with van der Waals surface area (Å²) >= 11 is 0. The van der Waals surface area contributed by atoms with Crippen molar-refractivity contribution in [3.05, 3.63) is 0 Å². The second kappa shape index (κ2) is 5.44. The van der Waals surface area contributed by atoms with Crippen LogP contribution < -0.4 is 0 Å². The van der Waals surface area contributed by atoms with Gasteiger partial charge in [-0.15, -0.1) is 0 Å². The Morgan fingerprint density at radius 2 is 2.35 bits per heavy atom. The van der Waals surface area contributed by atoms with Gasteiger partial charge >= 0.3 is 5.97 Å². The van der Waals surface area contributed by atoms with E-state index in [-0.39, 0.29) is 26.2 Å². The van der Waals surface area contributed by atoms with E-state index in [0.29, 0.717) is 0 Å². The fourth-order valence-electron chi connectivity index (χ4n) is 1.62. The number of morpholine rings is 1. The lowest BCUT2D eigenvalue weighted by Gasteiger charge is -2.32. The van der Waals surface area contributed by atoms with Crippen molar-refractivity contribution in [2.75, 3.05) is 19.8 Å². The van der Waals surface area contributed by atoms with Crippen LogP contribution in [-0.2, 0) is 19.6 Å². The van der Waals surface area contributed by atoms with E-state index in [9.17, 15) is 13.2 Å². The summed E-state index contributed by atoms with van der Waals surface area (Å²) in [5.74, 6) is -1.26. The Balaban J connectivity index is 3.03. The van der Waals surface area contributed by atoms with Crippen molar-refractivity contribution in [3.63, 3.8) is 0 Å². The quantitative estimate of drug-likeness (QED) is 0.725. The Kier molecular flexibility index (Phi) is 4.45. The molecular formula is C9H14N2O5S. The smallest absolute Gasteiger partial charge is 0.324 e. The molecular weight excluding hydrogens is 248 g/mol. The van der Waals surface area contributed by atoms with Crippen molar-refractivity contribution in [3.8, 4) is 6.07 Å². The number of hydrogen-bond donors (Lipinski definition) is 1. The fraction of sp³-hybridized carbons (Fsp3) is 0.778. The third-order valence-electron chi connectivity index (χ3n) is 2.57. The Morgan fingerprint density at radius 3 is 2.82 bits per heavy atom. The molecule has 2 unspecified atom stereocenters. The van der Waals surface area contributed by atoms with Gasteiger partial charge in [0.05, 0.1) is 19.3 Å². The van der Waals surface area contributed by atoms with E-state index in [2.05, 4.69) is 0 Å². The zero-order chi connectivity index (χ0) is 13.1. The van der Waals surface area contributed by atoms with Crippen molar-refractivity contribution in [1.82, 2.24) is 4.31 Å². The average Bonchev–Trinajstić information content (AvgIpc) is 2.30. The van der Waals surface area contributed by atoms with E-state index in [1.165, 1.54) is 0 Å². The molecule has 1 aliphatic heterocycles. The van der Waals surface area contributed by atoms with Crippen molar-refractivity contribution >= 4 is 16.0 Å². The zero-order valence-corrected chi connectivity index (χ0v) is 10.2. The molecule has 1 N–H and O–H groups in total. The monoisotopic (exact) mass is 262 g/mol. The average molecular weight is 262 g/mol. The van der Waals surface area contributed by atoms with E-state index >= 15 is 0 Å². The molecule has 0 spiro atoms. The van der Waals surface area contributed by atoms with Crippen LogP contribution in [0.1, 0.15) is 13.3 Å². The van der Waals surface area contributed by atoms with Crippen LogP contribution in [0.5, 0.6) is 0 Å². The molecule has 1 rings (SSSR count). The molecule has 0 aliphatic carbocycles. The van der Waals surface area contributed by atoms with E-state index in [1.54, 1.807) is 13.0 Å². The lowest BCUT2D eigenvalue weighted by molar-refractivity contribution is -0.146. The summed E-state index contributed by atoms with van der Waals surface area (Å²) in [6.45, 7) is 1.50. The maximum Gasteiger partial charge on any atom is 0.324 e. The predicted molar refractivity (Wildman–Crippen MR) is 57.6 cm³/mol. The number of nitrogens with zero attached hydrogens (tertiary/aromatic N) is 2. The van der Waals surface area contributed by atoms with Gasteiger partial charge in [0.1, 0.15) is 6.04 Å². The molecule has 1 heterocycles. The Labute approximate surface area is 99.6 Å². The molecule has 1 aliphatic rings. The fourth-order valence-corrected chi connectivity index (χ4v) is 3.34. The van der Waals surface area contributed by atoms with Crippen LogP contribution in [0.25, 0.3) is 0 Å². The van der Waals surface area contributed by atoms with Crippen molar-refractivity contribution < 1.29 is 23.1 Å². The largest absolute Gasteiger partial charge is 0.480 e. The highest BCUT2D eigenvalue weighted by Gasteiger charge is 2.41. The zero-order valence-electron chi connectivity index (χ0n) is 9.37. The minimum Gasteiger partial charge on any atom is -0.480 e. The first-order valence-electron chi connectivity index (χ1n) is 5.16. The number of carboxylic acids is 1. The van der Waals surface area contributed by atoms with Crippen LogP contribution >= 0.6 is 0 Å². The van der Waals surface area contributed by atoms with Gasteiger partial charge < -0.3 is 9.84 Å². The normalized spacial score (nSPS) is 23.9. The second-order valence-corrected chi connectivity index (χ2v) is 5.68. The molecule has 96 valence electrons. The summed E-state index contributed by atoms with van der Waals surface area (Å²) in [5.41, 5.74) is 0. The van der Waals surface area contributed by atoms with Crippen LogP contribution in [0.3, 0.4) is 0 Å². The van der Waals surface area contributed by atoms with Gasteiger partial charge in [-0.1, -0.05) is 6.92 Å². The number of ether oxygens (including phenoxy) is 1. The minimum atomic E-state index is -3.91. The maximum absolute atomic E-state index is 12.0. The first-order chi connectivity index (χ1) is 7.95. The standard InChI is InChI=1S/C9H14N2O5S/c1-2-7(5-10)17(14,15)11-3-4-16-6-8(11)9(12)13/h7-8H,2-4,6H2,1H3,(H,12,13). The SMILES string of the molecule is CCC(C#N)S(=O)(=O)N1CCOCC1C(=O)O. The van der Waals surface area contributed by atoms with E-state index in [0.717, 1.165) is 4.31 Å². The minimum absolute atomic E-state index is 0.0303. The summed E-state index contributed by atoms with van der Waals surface area (Å²) in [6.07, 6.45) is 0.128. The van der Waals surface area contributed by atoms with Crippen LogP contribution in [0.2, 0.25) is 0 Å². The molecule has 0 radical (unpaired) electrons. The van der Waals surface area contributed by atoms with Gasteiger partial charge in [-0.05, 0) is 6.42 Å². The summed E-state index contributed by atoms with van der Waals surface area (Å²) in [5, 5.41) is 16.5. The van der Waals surface area contributed by atoms with Gasteiger partial charge in [-0.25, -0.2) is 8.42 Å². The second-order valence-electron chi connectivity index (χ2n) is 3.61. The number of nitriles is 1. The van der Waals surface area contributed by atoms with Crippen molar-refractivity contribution in [2.24, 2.45) is 0 Å². The van der Waals surface area contributed by atoms with Crippen LogP contribution in [-0.4, -0.2) is 54.8 Å². The Bertz CT molecular complexity index is 427. The molecule has 7 nitrogen and oxygen atoms in total. The third kappa shape index (κ3) is 2.74. The predicted octanol–water partition coefficient (Wildman–Crippen LogP) is -0.596. The molecule has 0 bridgehead atoms. The van der Waals surface area contributed by atoms with Crippen molar-refractivity contribution in [2.45, 2.75) is 24.6 Å². The summed E-state index contributed by atoms with van der Waals surface area (Å²) in [6, 6.07) is 0.446. The molecule has 0 amide bonds. The lowest BCUT2D eigenvalue weighted by atomic mass is 10.3. The Morgan fingerprint density at radius 1 is 1.71 bits per heavy atom. The van der Waals surface area contributed by atoms with E-state index < -0.39 is 27.3 Å². The topological polar surface area (TPSA) is 108 Å². The van der Waals surface area contributed by atoms with Crippen molar-refractivity contribution in [1.29, 1.82) is 5.26 Å². The van der Waals surface area contributed by atoms with Gasteiger partial charge in [0.25, 0.3) is 0 Å². The van der Waals surface area contributed by atoms with E-state index in [4.69, 9.17) is 15.1 Å². The summed E-state index contributed by atoms with van der Waals surface area (Å²) in [4.78, 5) is 10.9. The number of sulfonamides is 1. The highest BCUT2D eigenvalue weighted by molar-refractivity contribution is 7.90. The first-order valence-corrected chi connectivity index (χ1v) is 6.66.